The number of aryl methyl sites for hydroxylation is 1. The van der Waals surface area contributed by atoms with Gasteiger partial charge in [0.2, 0.25) is 0 Å². The Kier molecular flexibility index (Phi) is 5.30. The summed E-state index contributed by atoms with van der Waals surface area (Å²) in [6, 6.07) is 6.70. The predicted molar refractivity (Wildman–Crippen MR) is 107 cm³/mol. The molecule has 0 aliphatic heterocycles. The average Bonchev–Trinajstić information content (AvgIpc) is 3.10. The van der Waals surface area contributed by atoms with Crippen molar-refractivity contribution in [1.82, 2.24) is 20.1 Å². The van der Waals surface area contributed by atoms with E-state index in [0.717, 1.165) is 0 Å². The van der Waals surface area contributed by atoms with Gasteiger partial charge in [0.05, 0.1) is 29.9 Å². The summed E-state index contributed by atoms with van der Waals surface area (Å²) in [5.74, 6) is -0.120. The van der Waals surface area contributed by atoms with E-state index >= 15 is 0 Å². The van der Waals surface area contributed by atoms with Crippen molar-refractivity contribution in [2.24, 2.45) is 0 Å². The van der Waals surface area contributed by atoms with Crippen molar-refractivity contribution in [2.75, 3.05) is 19.5 Å². The minimum Gasteiger partial charge on any atom is -0.495 e. The molecule has 146 valence electrons. The molecule has 8 heteroatoms. The quantitative estimate of drug-likeness (QED) is 0.708. The number of fused-ring (bicyclic) bond motifs is 1. The number of amides is 2. The van der Waals surface area contributed by atoms with Crippen LogP contribution < -0.4 is 15.4 Å². The van der Waals surface area contributed by atoms with Crippen molar-refractivity contribution in [2.45, 2.75) is 26.8 Å². The molecule has 28 heavy (non-hydrogen) atoms. The van der Waals surface area contributed by atoms with Gasteiger partial charge in [-0.1, -0.05) is 0 Å². The number of nitrogens with zero attached hydrogens (tertiary/aromatic N) is 3. The molecule has 2 amide bonds. The van der Waals surface area contributed by atoms with Crippen LogP contribution in [0.1, 0.15) is 46.3 Å². The Morgan fingerprint density at radius 2 is 1.93 bits per heavy atom. The smallest absolute Gasteiger partial charge is 0.256 e. The van der Waals surface area contributed by atoms with Gasteiger partial charge < -0.3 is 15.4 Å². The number of ether oxygens (including phenoxy) is 1. The third kappa shape index (κ3) is 3.53. The van der Waals surface area contributed by atoms with E-state index in [9.17, 15) is 9.59 Å². The molecular formula is C20H23N5O3. The lowest BCUT2D eigenvalue weighted by atomic mass is 10.1. The maximum absolute atomic E-state index is 13.0. The Bertz CT molecular complexity index is 1060. The zero-order valence-corrected chi connectivity index (χ0v) is 16.5. The highest BCUT2D eigenvalue weighted by Crippen LogP contribution is 2.28. The fourth-order valence-corrected chi connectivity index (χ4v) is 2.99. The van der Waals surface area contributed by atoms with Crippen molar-refractivity contribution < 1.29 is 14.3 Å². The number of rotatable bonds is 5. The molecule has 0 saturated heterocycles. The third-order valence-electron chi connectivity index (χ3n) is 4.37. The lowest BCUT2D eigenvalue weighted by Crippen LogP contribution is -2.19. The standard InChI is InChI=1S/C20H23N5O3/c1-11(2)25-18-15(10-22-25)14(8-12(3)23-18)20(27)24-16-9-13(19(26)21-4)6-7-17(16)28-5/h6-11H,1-5H3,(H,21,26)(H,24,27). The molecule has 0 saturated carbocycles. The van der Waals surface area contributed by atoms with Crippen molar-refractivity contribution in [3.8, 4) is 5.75 Å². The van der Waals surface area contributed by atoms with Gasteiger partial charge >= 0.3 is 0 Å². The maximum Gasteiger partial charge on any atom is 0.256 e. The summed E-state index contributed by atoms with van der Waals surface area (Å²) in [6.07, 6.45) is 1.65. The SMILES string of the molecule is CNC(=O)c1ccc(OC)c(NC(=O)c2cc(C)nc3c2cnn3C(C)C)c1. The van der Waals surface area contributed by atoms with E-state index in [1.54, 1.807) is 42.2 Å². The van der Waals surface area contributed by atoms with Crippen LogP contribution in [-0.4, -0.2) is 40.7 Å². The second-order valence-electron chi connectivity index (χ2n) is 6.68. The summed E-state index contributed by atoms with van der Waals surface area (Å²) in [5.41, 5.74) is 2.66. The second kappa shape index (κ2) is 7.67. The lowest BCUT2D eigenvalue weighted by Gasteiger charge is -2.13. The van der Waals surface area contributed by atoms with Crippen LogP contribution in [0.2, 0.25) is 0 Å². The third-order valence-corrected chi connectivity index (χ3v) is 4.37. The largest absolute Gasteiger partial charge is 0.495 e. The Hall–Kier alpha value is -3.42. The summed E-state index contributed by atoms with van der Waals surface area (Å²) in [6.45, 7) is 5.84. The molecule has 0 bridgehead atoms. The first-order chi connectivity index (χ1) is 13.3. The van der Waals surface area contributed by atoms with E-state index in [-0.39, 0.29) is 17.9 Å². The van der Waals surface area contributed by atoms with Crippen molar-refractivity contribution in [3.05, 3.63) is 47.3 Å². The molecule has 0 aliphatic carbocycles. The van der Waals surface area contributed by atoms with Gasteiger partial charge in [-0.2, -0.15) is 5.10 Å². The Morgan fingerprint density at radius 3 is 2.57 bits per heavy atom. The lowest BCUT2D eigenvalue weighted by molar-refractivity contribution is 0.0961. The minimum absolute atomic E-state index is 0.118. The summed E-state index contributed by atoms with van der Waals surface area (Å²) >= 11 is 0. The average molecular weight is 381 g/mol. The van der Waals surface area contributed by atoms with Gasteiger partial charge in [-0.3, -0.25) is 9.59 Å². The van der Waals surface area contributed by atoms with Crippen molar-refractivity contribution >= 4 is 28.5 Å². The van der Waals surface area contributed by atoms with Crippen LogP contribution in [-0.2, 0) is 0 Å². The van der Waals surface area contributed by atoms with Crippen LogP contribution in [0.25, 0.3) is 11.0 Å². The second-order valence-corrected chi connectivity index (χ2v) is 6.68. The summed E-state index contributed by atoms with van der Waals surface area (Å²) in [5, 5.41) is 10.4. The topological polar surface area (TPSA) is 98.1 Å². The number of anilines is 1. The minimum atomic E-state index is -0.328. The van der Waals surface area contributed by atoms with E-state index in [1.165, 1.54) is 7.11 Å². The van der Waals surface area contributed by atoms with E-state index in [0.29, 0.717) is 39.3 Å². The van der Waals surface area contributed by atoms with Crippen LogP contribution in [0.15, 0.2) is 30.5 Å². The van der Waals surface area contributed by atoms with Gasteiger partial charge in [0.25, 0.3) is 11.8 Å². The van der Waals surface area contributed by atoms with Gasteiger partial charge in [-0.25, -0.2) is 9.67 Å². The highest BCUT2D eigenvalue weighted by Gasteiger charge is 2.19. The number of hydrogen-bond acceptors (Lipinski definition) is 5. The number of hydrogen-bond donors (Lipinski definition) is 2. The summed E-state index contributed by atoms with van der Waals surface area (Å²) in [7, 11) is 3.06. The zero-order chi connectivity index (χ0) is 20.4. The predicted octanol–water partition coefficient (Wildman–Crippen LogP) is 2.94. The van der Waals surface area contributed by atoms with Crippen LogP contribution in [0, 0.1) is 6.92 Å². The molecule has 0 spiro atoms. The van der Waals surface area contributed by atoms with Gasteiger partial charge in [0, 0.05) is 24.3 Å². The molecule has 2 heterocycles. The Balaban J connectivity index is 2.03. The van der Waals surface area contributed by atoms with Gasteiger partial charge in [-0.05, 0) is 45.0 Å². The normalized spacial score (nSPS) is 10.9. The number of nitrogens with one attached hydrogen (secondary N) is 2. The number of carbonyl (C=O) groups excluding carboxylic acids is 2. The molecule has 0 aliphatic rings. The molecule has 8 nitrogen and oxygen atoms in total. The van der Waals surface area contributed by atoms with Gasteiger partial charge in [0.15, 0.2) is 5.65 Å². The molecule has 0 fully saturated rings. The molecule has 0 unspecified atom stereocenters. The molecule has 0 atom stereocenters. The maximum atomic E-state index is 13.0. The van der Waals surface area contributed by atoms with Crippen molar-refractivity contribution in [3.63, 3.8) is 0 Å². The van der Waals surface area contributed by atoms with Gasteiger partial charge in [-0.15, -0.1) is 0 Å². The van der Waals surface area contributed by atoms with Gasteiger partial charge in [0.1, 0.15) is 5.75 Å². The van der Waals surface area contributed by atoms with Crippen LogP contribution in [0.3, 0.4) is 0 Å². The number of methoxy groups -OCH3 is 1. The molecule has 2 N–H and O–H groups in total. The summed E-state index contributed by atoms with van der Waals surface area (Å²) in [4.78, 5) is 29.5. The van der Waals surface area contributed by atoms with Crippen LogP contribution in [0.5, 0.6) is 5.75 Å². The molecule has 2 aromatic heterocycles. The first kappa shape index (κ1) is 19.3. The van der Waals surface area contributed by atoms with Crippen molar-refractivity contribution in [1.29, 1.82) is 0 Å². The fourth-order valence-electron chi connectivity index (χ4n) is 2.99. The molecular weight excluding hydrogens is 358 g/mol. The van der Waals surface area contributed by atoms with Crippen LogP contribution in [0.4, 0.5) is 5.69 Å². The zero-order valence-electron chi connectivity index (χ0n) is 16.5. The van der Waals surface area contributed by atoms with E-state index < -0.39 is 0 Å². The molecule has 3 aromatic rings. The van der Waals surface area contributed by atoms with E-state index in [1.807, 2.05) is 20.8 Å². The highest BCUT2D eigenvalue weighted by atomic mass is 16.5. The van der Waals surface area contributed by atoms with E-state index in [4.69, 9.17) is 4.74 Å². The number of carbonyl (C=O) groups is 2. The molecule has 1 aromatic carbocycles. The molecule has 0 radical (unpaired) electrons. The highest BCUT2D eigenvalue weighted by molar-refractivity contribution is 6.12. The number of pyridine rings is 1. The number of aromatic nitrogens is 3. The molecule has 3 rings (SSSR count). The van der Waals surface area contributed by atoms with Crippen LogP contribution >= 0.6 is 0 Å². The monoisotopic (exact) mass is 381 g/mol. The first-order valence-electron chi connectivity index (χ1n) is 8.92. The van der Waals surface area contributed by atoms with E-state index in [2.05, 4.69) is 20.7 Å². The first-order valence-corrected chi connectivity index (χ1v) is 8.92. The Morgan fingerprint density at radius 1 is 1.18 bits per heavy atom. The Labute approximate surface area is 162 Å². The number of benzene rings is 1. The fraction of sp³-hybridized carbons (Fsp3) is 0.300. The summed E-state index contributed by atoms with van der Waals surface area (Å²) < 4.78 is 7.11.